The van der Waals surface area contributed by atoms with Crippen LogP contribution in [-0.4, -0.2) is 48.1 Å². The number of hydrogen-bond donors (Lipinski definition) is 1. The van der Waals surface area contributed by atoms with Gasteiger partial charge >= 0.3 is 0 Å². The molecule has 6 nitrogen and oxygen atoms in total. The smallest absolute Gasteiger partial charge is 0.223 e. The predicted octanol–water partition coefficient (Wildman–Crippen LogP) is 2.94. The molecule has 1 aromatic carbocycles. The summed E-state index contributed by atoms with van der Waals surface area (Å²) in [6, 6.07) is 8.13. The summed E-state index contributed by atoms with van der Waals surface area (Å²) in [5.74, 6) is 1.51. The number of amides is 1. The third-order valence-electron chi connectivity index (χ3n) is 4.94. The number of oxazole rings is 1. The Morgan fingerprint density at radius 1 is 1.30 bits per heavy atom. The van der Waals surface area contributed by atoms with Crippen LogP contribution in [0.4, 0.5) is 0 Å². The Balaban J connectivity index is 1.43. The lowest BCUT2D eigenvalue weighted by molar-refractivity contribution is -0.133. The van der Waals surface area contributed by atoms with Crippen LogP contribution in [0.3, 0.4) is 0 Å². The molecule has 6 heteroatoms. The van der Waals surface area contributed by atoms with Crippen LogP contribution >= 0.6 is 0 Å². The van der Waals surface area contributed by atoms with Crippen LogP contribution in [-0.2, 0) is 16.0 Å². The van der Waals surface area contributed by atoms with Crippen molar-refractivity contribution in [3.05, 3.63) is 41.9 Å². The van der Waals surface area contributed by atoms with Gasteiger partial charge in [0.1, 0.15) is 0 Å². The van der Waals surface area contributed by atoms with Crippen molar-refractivity contribution in [2.24, 2.45) is 5.73 Å². The number of aromatic nitrogens is 1. The standard InChI is InChI=1S/C21H29N3O3/c1-16-3-5-17(6-4-16)19-15-23-20(27-19)7-8-21(25)24-12-9-18(10-13-24)26-14-2-11-22/h3-6,15,18H,2,7-14,22H2,1H3. The second-order valence-electron chi connectivity index (χ2n) is 7.08. The average Bonchev–Trinajstić information content (AvgIpc) is 3.16. The van der Waals surface area contributed by atoms with Crippen molar-refractivity contribution >= 4 is 5.91 Å². The Morgan fingerprint density at radius 2 is 2.04 bits per heavy atom. The summed E-state index contributed by atoms with van der Waals surface area (Å²) in [6.45, 7) is 4.93. The van der Waals surface area contributed by atoms with Crippen LogP contribution in [0.25, 0.3) is 11.3 Å². The van der Waals surface area contributed by atoms with Gasteiger partial charge in [-0.2, -0.15) is 0 Å². The maximum Gasteiger partial charge on any atom is 0.223 e. The summed E-state index contributed by atoms with van der Waals surface area (Å²) >= 11 is 0. The lowest BCUT2D eigenvalue weighted by Crippen LogP contribution is -2.41. The van der Waals surface area contributed by atoms with E-state index in [0.29, 0.717) is 31.9 Å². The van der Waals surface area contributed by atoms with Crippen molar-refractivity contribution in [1.82, 2.24) is 9.88 Å². The van der Waals surface area contributed by atoms with Gasteiger partial charge in [-0.1, -0.05) is 29.8 Å². The van der Waals surface area contributed by atoms with E-state index in [2.05, 4.69) is 11.9 Å². The summed E-state index contributed by atoms with van der Waals surface area (Å²) in [5.41, 5.74) is 7.69. The molecule has 1 aliphatic heterocycles. The Kier molecular flexibility index (Phi) is 7.01. The highest BCUT2D eigenvalue weighted by molar-refractivity contribution is 5.76. The second kappa shape index (κ2) is 9.67. The first-order valence-electron chi connectivity index (χ1n) is 9.77. The van der Waals surface area contributed by atoms with Gasteiger partial charge < -0.3 is 19.8 Å². The Labute approximate surface area is 160 Å². The molecule has 146 valence electrons. The molecule has 0 atom stereocenters. The number of ether oxygens (including phenoxy) is 1. The zero-order valence-electron chi connectivity index (χ0n) is 16.0. The minimum absolute atomic E-state index is 0.158. The maximum absolute atomic E-state index is 12.5. The number of hydrogen-bond acceptors (Lipinski definition) is 5. The highest BCUT2D eigenvalue weighted by Gasteiger charge is 2.23. The number of likely N-dealkylation sites (tertiary alicyclic amines) is 1. The molecule has 1 saturated heterocycles. The molecule has 3 rings (SSSR count). The molecule has 0 saturated carbocycles. The molecule has 1 aromatic heterocycles. The summed E-state index contributed by atoms with van der Waals surface area (Å²) in [5, 5.41) is 0. The number of carbonyl (C=O) groups excluding carboxylic acids is 1. The van der Waals surface area contributed by atoms with E-state index >= 15 is 0 Å². The highest BCUT2D eigenvalue weighted by Crippen LogP contribution is 2.22. The lowest BCUT2D eigenvalue weighted by atomic mass is 10.1. The topological polar surface area (TPSA) is 81.6 Å². The molecule has 2 N–H and O–H groups in total. The number of nitrogens with two attached hydrogens (primary N) is 1. The molecule has 1 amide bonds. The van der Waals surface area contributed by atoms with Crippen LogP contribution in [0.5, 0.6) is 0 Å². The maximum atomic E-state index is 12.5. The van der Waals surface area contributed by atoms with Gasteiger partial charge in [0.2, 0.25) is 5.91 Å². The number of benzene rings is 1. The molecule has 0 unspecified atom stereocenters. The molecule has 1 fully saturated rings. The summed E-state index contributed by atoms with van der Waals surface area (Å²) in [6.07, 6.45) is 5.61. The molecule has 2 aromatic rings. The quantitative estimate of drug-likeness (QED) is 0.722. The van der Waals surface area contributed by atoms with Crippen LogP contribution in [0.15, 0.2) is 34.9 Å². The van der Waals surface area contributed by atoms with Gasteiger partial charge in [0.05, 0.1) is 12.3 Å². The van der Waals surface area contributed by atoms with E-state index in [4.69, 9.17) is 14.9 Å². The molecule has 0 aliphatic carbocycles. The molecule has 0 spiro atoms. The fraction of sp³-hybridized carbons (Fsp3) is 0.524. The largest absolute Gasteiger partial charge is 0.441 e. The summed E-state index contributed by atoms with van der Waals surface area (Å²) in [4.78, 5) is 18.7. The molecule has 2 heterocycles. The first-order chi connectivity index (χ1) is 13.2. The number of piperidine rings is 1. The van der Waals surface area contributed by atoms with E-state index in [0.717, 1.165) is 43.7 Å². The van der Waals surface area contributed by atoms with Gasteiger partial charge in [0, 0.05) is 38.1 Å². The van der Waals surface area contributed by atoms with Crippen molar-refractivity contribution in [2.45, 2.75) is 45.1 Å². The minimum atomic E-state index is 0.158. The second-order valence-corrected chi connectivity index (χ2v) is 7.08. The van der Waals surface area contributed by atoms with E-state index in [1.54, 1.807) is 6.20 Å². The Morgan fingerprint density at radius 3 is 2.74 bits per heavy atom. The fourth-order valence-corrected chi connectivity index (χ4v) is 3.25. The molecule has 27 heavy (non-hydrogen) atoms. The van der Waals surface area contributed by atoms with Gasteiger partial charge in [0.25, 0.3) is 0 Å². The number of carbonyl (C=O) groups is 1. The van der Waals surface area contributed by atoms with Crippen molar-refractivity contribution in [3.8, 4) is 11.3 Å². The molecule has 0 bridgehead atoms. The lowest BCUT2D eigenvalue weighted by Gasteiger charge is -2.32. The van der Waals surface area contributed by atoms with Gasteiger partial charge in [-0.15, -0.1) is 0 Å². The van der Waals surface area contributed by atoms with E-state index in [9.17, 15) is 4.79 Å². The van der Waals surface area contributed by atoms with Crippen LogP contribution < -0.4 is 5.73 Å². The van der Waals surface area contributed by atoms with Crippen molar-refractivity contribution in [1.29, 1.82) is 0 Å². The molecule has 1 aliphatic rings. The van der Waals surface area contributed by atoms with E-state index < -0.39 is 0 Å². The van der Waals surface area contributed by atoms with Crippen molar-refractivity contribution < 1.29 is 13.9 Å². The first kappa shape index (κ1) is 19.6. The fourth-order valence-electron chi connectivity index (χ4n) is 3.25. The van der Waals surface area contributed by atoms with Crippen LogP contribution in [0, 0.1) is 6.92 Å². The average molecular weight is 371 g/mol. The van der Waals surface area contributed by atoms with Gasteiger partial charge in [0.15, 0.2) is 11.7 Å². The van der Waals surface area contributed by atoms with Gasteiger partial charge in [-0.05, 0) is 32.7 Å². The summed E-state index contributed by atoms with van der Waals surface area (Å²) in [7, 11) is 0. The van der Waals surface area contributed by atoms with Crippen LogP contribution in [0.2, 0.25) is 0 Å². The van der Waals surface area contributed by atoms with E-state index in [1.165, 1.54) is 5.56 Å². The van der Waals surface area contributed by atoms with Crippen LogP contribution in [0.1, 0.15) is 37.1 Å². The minimum Gasteiger partial charge on any atom is -0.441 e. The van der Waals surface area contributed by atoms with Crippen molar-refractivity contribution in [2.75, 3.05) is 26.2 Å². The first-order valence-corrected chi connectivity index (χ1v) is 9.77. The molecular weight excluding hydrogens is 342 g/mol. The van der Waals surface area contributed by atoms with E-state index in [1.807, 2.05) is 29.2 Å². The number of rotatable bonds is 8. The molecular formula is C21H29N3O3. The predicted molar refractivity (Wildman–Crippen MR) is 104 cm³/mol. The molecule has 0 radical (unpaired) electrons. The third kappa shape index (κ3) is 5.65. The number of nitrogens with zero attached hydrogens (tertiary/aromatic N) is 2. The SMILES string of the molecule is Cc1ccc(-c2cnc(CCC(=O)N3CCC(OCCCN)CC3)o2)cc1. The highest BCUT2D eigenvalue weighted by atomic mass is 16.5. The Bertz CT molecular complexity index is 719. The van der Waals surface area contributed by atoms with Gasteiger partial charge in [-0.25, -0.2) is 4.98 Å². The van der Waals surface area contributed by atoms with Crippen molar-refractivity contribution in [3.63, 3.8) is 0 Å². The Hall–Kier alpha value is -2.18. The normalized spacial score (nSPS) is 15.3. The third-order valence-corrected chi connectivity index (χ3v) is 4.94. The van der Waals surface area contributed by atoms with E-state index in [-0.39, 0.29) is 12.0 Å². The zero-order chi connectivity index (χ0) is 19.1. The summed E-state index contributed by atoms with van der Waals surface area (Å²) < 4.78 is 11.6. The van der Waals surface area contributed by atoms with Gasteiger partial charge in [-0.3, -0.25) is 4.79 Å². The monoisotopic (exact) mass is 371 g/mol. The number of aryl methyl sites for hydroxylation is 2. The zero-order valence-corrected chi connectivity index (χ0v) is 16.0.